The zero-order valence-electron chi connectivity index (χ0n) is 11.6. The van der Waals surface area contributed by atoms with Gasteiger partial charge in [0.25, 0.3) is 5.91 Å². The summed E-state index contributed by atoms with van der Waals surface area (Å²) in [5.41, 5.74) is 5.55. The molecular weight excluding hydrogens is 246 g/mol. The normalized spacial score (nSPS) is 11.2. The molecule has 6 nitrogen and oxygen atoms in total. The molecule has 0 bridgehead atoms. The Hall–Kier alpha value is -1.82. The van der Waals surface area contributed by atoms with Crippen molar-refractivity contribution in [3.8, 4) is 0 Å². The number of carbonyl (C=O) groups excluding carboxylic acids is 2. The first-order valence-electron chi connectivity index (χ1n) is 6.22. The lowest BCUT2D eigenvalue weighted by Gasteiger charge is -2.17. The van der Waals surface area contributed by atoms with Gasteiger partial charge in [-0.3, -0.25) is 9.59 Å². The third-order valence-corrected chi connectivity index (χ3v) is 2.58. The molecule has 6 heteroatoms. The summed E-state index contributed by atoms with van der Waals surface area (Å²) < 4.78 is 5.07. The number of carbonyl (C=O) groups is 2. The summed E-state index contributed by atoms with van der Waals surface area (Å²) in [6.45, 7) is 6.02. The van der Waals surface area contributed by atoms with Gasteiger partial charge in [-0.25, -0.2) is 0 Å². The standard InChI is InChI=1S/C13H21N3O3/c1-9-5-8-19-10(9)11(17)15-6-4-7-16-12(18)13(2,3)14/h5,8H,4,6-7,14H2,1-3H3,(H,15,17)(H,16,18). The molecule has 1 rings (SSSR count). The number of aryl methyl sites for hydroxylation is 1. The van der Waals surface area contributed by atoms with Gasteiger partial charge in [-0.1, -0.05) is 0 Å². The SMILES string of the molecule is Cc1ccoc1C(=O)NCCCNC(=O)C(C)(C)N. The lowest BCUT2D eigenvalue weighted by Crippen LogP contribution is -2.49. The largest absolute Gasteiger partial charge is 0.459 e. The van der Waals surface area contributed by atoms with Crippen molar-refractivity contribution < 1.29 is 14.0 Å². The van der Waals surface area contributed by atoms with E-state index in [1.807, 2.05) is 6.92 Å². The van der Waals surface area contributed by atoms with E-state index in [0.29, 0.717) is 25.3 Å². The fraction of sp³-hybridized carbons (Fsp3) is 0.538. The predicted octanol–water partition coefficient (Wildman–Crippen LogP) is 0.561. The van der Waals surface area contributed by atoms with Crippen molar-refractivity contribution in [1.29, 1.82) is 0 Å². The molecule has 0 unspecified atom stereocenters. The molecule has 1 heterocycles. The summed E-state index contributed by atoms with van der Waals surface area (Å²) in [7, 11) is 0. The molecule has 0 aromatic carbocycles. The Morgan fingerprint density at radius 1 is 1.32 bits per heavy atom. The molecule has 1 aromatic heterocycles. The summed E-state index contributed by atoms with van der Waals surface area (Å²) in [6.07, 6.45) is 2.11. The Bertz CT molecular complexity index is 446. The average Bonchev–Trinajstić information content (AvgIpc) is 2.73. The van der Waals surface area contributed by atoms with Crippen LogP contribution in [0.5, 0.6) is 0 Å². The van der Waals surface area contributed by atoms with E-state index in [9.17, 15) is 9.59 Å². The molecule has 1 aromatic rings. The molecule has 0 spiro atoms. The molecule has 19 heavy (non-hydrogen) atoms. The van der Waals surface area contributed by atoms with Crippen LogP contribution in [0.4, 0.5) is 0 Å². The minimum absolute atomic E-state index is 0.208. The molecule has 0 fully saturated rings. The van der Waals surface area contributed by atoms with Crippen LogP contribution >= 0.6 is 0 Å². The van der Waals surface area contributed by atoms with Crippen LogP contribution in [-0.2, 0) is 4.79 Å². The van der Waals surface area contributed by atoms with Gasteiger partial charge in [-0.05, 0) is 33.3 Å². The number of hydrogen-bond donors (Lipinski definition) is 3. The van der Waals surface area contributed by atoms with E-state index in [1.165, 1.54) is 6.26 Å². The monoisotopic (exact) mass is 267 g/mol. The Morgan fingerprint density at radius 2 is 1.95 bits per heavy atom. The zero-order chi connectivity index (χ0) is 14.5. The maximum absolute atomic E-state index is 11.7. The van der Waals surface area contributed by atoms with Crippen molar-refractivity contribution in [2.45, 2.75) is 32.7 Å². The summed E-state index contributed by atoms with van der Waals surface area (Å²) in [6, 6.07) is 1.73. The third kappa shape index (κ3) is 4.75. The lowest BCUT2D eigenvalue weighted by atomic mass is 10.1. The first-order valence-corrected chi connectivity index (χ1v) is 6.22. The third-order valence-electron chi connectivity index (χ3n) is 2.58. The van der Waals surface area contributed by atoms with Gasteiger partial charge in [0.05, 0.1) is 11.8 Å². The fourth-order valence-corrected chi connectivity index (χ4v) is 1.41. The molecule has 0 saturated heterocycles. The fourth-order valence-electron chi connectivity index (χ4n) is 1.41. The Morgan fingerprint density at radius 3 is 2.47 bits per heavy atom. The quantitative estimate of drug-likeness (QED) is 0.656. The Balaban J connectivity index is 2.20. The topological polar surface area (TPSA) is 97.4 Å². The van der Waals surface area contributed by atoms with E-state index in [-0.39, 0.29) is 11.8 Å². The van der Waals surface area contributed by atoms with Crippen molar-refractivity contribution in [2.75, 3.05) is 13.1 Å². The van der Waals surface area contributed by atoms with E-state index in [1.54, 1.807) is 19.9 Å². The van der Waals surface area contributed by atoms with Crippen LogP contribution in [0.1, 0.15) is 36.4 Å². The van der Waals surface area contributed by atoms with Gasteiger partial charge in [0.15, 0.2) is 5.76 Å². The Labute approximate surface area is 112 Å². The summed E-state index contributed by atoms with van der Waals surface area (Å²) in [5, 5.41) is 5.43. The summed E-state index contributed by atoms with van der Waals surface area (Å²) in [5.74, 6) is -0.124. The predicted molar refractivity (Wildman–Crippen MR) is 71.7 cm³/mol. The first kappa shape index (κ1) is 15.2. The van der Waals surface area contributed by atoms with Crippen LogP contribution in [0.15, 0.2) is 16.7 Å². The van der Waals surface area contributed by atoms with Gasteiger partial charge in [-0.2, -0.15) is 0 Å². The van der Waals surface area contributed by atoms with Gasteiger partial charge in [0.2, 0.25) is 5.91 Å². The highest BCUT2D eigenvalue weighted by Gasteiger charge is 2.20. The molecule has 0 saturated carbocycles. The minimum Gasteiger partial charge on any atom is -0.459 e. The second-order valence-corrected chi connectivity index (χ2v) is 5.02. The van der Waals surface area contributed by atoms with Crippen molar-refractivity contribution in [3.05, 3.63) is 23.7 Å². The van der Waals surface area contributed by atoms with Crippen LogP contribution in [0.25, 0.3) is 0 Å². The molecule has 4 N–H and O–H groups in total. The van der Waals surface area contributed by atoms with E-state index in [2.05, 4.69) is 10.6 Å². The van der Waals surface area contributed by atoms with E-state index in [4.69, 9.17) is 10.2 Å². The van der Waals surface area contributed by atoms with Gasteiger partial charge in [0.1, 0.15) is 0 Å². The number of nitrogens with two attached hydrogens (primary N) is 1. The van der Waals surface area contributed by atoms with Gasteiger partial charge >= 0.3 is 0 Å². The highest BCUT2D eigenvalue weighted by atomic mass is 16.3. The molecule has 2 amide bonds. The van der Waals surface area contributed by atoms with Crippen molar-refractivity contribution in [1.82, 2.24) is 10.6 Å². The van der Waals surface area contributed by atoms with Crippen LogP contribution in [0, 0.1) is 6.92 Å². The highest BCUT2D eigenvalue weighted by Crippen LogP contribution is 2.07. The molecule has 106 valence electrons. The van der Waals surface area contributed by atoms with E-state index in [0.717, 1.165) is 5.56 Å². The number of rotatable bonds is 6. The van der Waals surface area contributed by atoms with Crippen molar-refractivity contribution >= 4 is 11.8 Å². The second kappa shape index (κ2) is 6.38. The van der Waals surface area contributed by atoms with Crippen molar-refractivity contribution in [3.63, 3.8) is 0 Å². The van der Waals surface area contributed by atoms with Crippen molar-refractivity contribution in [2.24, 2.45) is 5.73 Å². The van der Waals surface area contributed by atoms with E-state index >= 15 is 0 Å². The van der Waals surface area contributed by atoms with Crippen LogP contribution in [-0.4, -0.2) is 30.4 Å². The second-order valence-electron chi connectivity index (χ2n) is 5.02. The highest BCUT2D eigenvalue weighted by molar-refractivity contribution is 5.92. The maximum Gasteiger partial charge on any atom is 0.287 e. The van der Waals surface area contributed by atoms with E-state index < -0.39 is 5.54 Å². The smallest absolute Gasteiger partial charge is 0.287 e. The summed E-state index contributed by atoms with van der Waals surface area (Å²) >= 11 is 0. The molecular formula is C13H21N3O3. The van der Waals surface area contributed by atoms with Gasteiger partial charge in [-0.15, -0.1) is 0 Å². The summed E-state index contributed by atoms with van der Waals surface area (Å²) in [4.78, 5) is 23.1. The molecule has 0 atom stereocenters. The number of hydrogen-bond acceptors (Lipinski definition) is 4. The zero-order valence-corrected chi connectivity index (χ0v) is 11.6. The molecule has 0 aliphatic carbocycles. The lowest BCUT2D eigenvalue weighted by molar-refractivity contribution is -0.125. The number of amides is 2. The number of nitrogens with one attached hydrogen (secondary N) is 2. The molecule has 0 aliphatic rings. The molecule has 0 aliphatic heterocycles. The van der Waals surface area contributed by atoms with Crippen LogP contribution in [0.2, 0.25) is 0 Å². The molecule has 0 radical (unpaired) electrons. The minimum atomic E-state index is -0.880. The van der Waals surface area contributed by atoms with Crippen LogP contribution < -0.4 is 16.4 Å². The van der Waals surface area contributed by atoms with Gasteiger partial charge in [0, 0.05) is 18.7 Å². The van der Waals surface area contributed by atoms with Gasteiger partial charge < -0.3 is 20.8 Å². The maximum atomic E-state index is 11.7. The number of furan rings is 1. The average molecular weight is 267 g/mol. The Kier molecular flexibility index (Phi) is 5.11. The first-order chi connectivity index (χ1) is 8.82. The van der Waals surface area contributed by atoms with Crippen LogP contribution in [0.3, 0.4) is 0 Å².